The van der Waals surface area contributed by atoms with Crippen LogP contribution in [0.1, 0.15) is 48.5 Å². The van der Waals surface area contributed by atoms with Crippen LogP contribution in [-0.2, 0) is 6.54 Å². The summed E-state index contributed by atoms with van der Waals surface area (Å²) in [6, 6.07) is 15.4. The molecule has 0 radical (unpaired) electrons. The number of ketones is 1. The molecule has 33 heavy (non-hydrogen) atoms. The fourth-order valence-corrected chi connectivity index (χ4v) is 4.87. The van der Waals surface area contributed by atoms with Crippen LogP contribution in [0.3, 0.4) is 0 Å². The van der Waals surface area contributed by atoms with Gasteiger partial charge in [-0.3, -0.25) is 4.79 Å². The van der Waals surface area contributed by atoms with E-state index in [0.717, 1.165) is 67.3 Å². The van der Waals surface area contributed by atoms with Crippen molar-refractivity contribution in [3.63, 3.8) is 0 Å². The number of aryl methyl sites for hydroxylation is 1. The van der Waals surface area contributed by atoms with Crippen LogP contribution < -0.4 is 4.74 Å². The Morgan fingerprint density at radius 3 is 2.61 bits per heavy atom. The maximum atomic E-state index is 12.1. The average molecular weight is 464 g/mol. The van der Waals surface area contributed by atoms with Crippen molar-refractivity contribution in [1.29, 1.82) is 5.26 Å². The van der Waals surface area contributed by atoms with Gasteiger partial charge in [0.2, 0.25) is 0 Å². The number of likely N-dealkylation sites (tertiary alicyclic amines) is 1. The molecule has 0 aliphatic carbocycles. The van der Waals surface area contributed by atoms with Crippen molar-refractivity contribution >= 4 is 28.3 Å². The third-order valence-electron chi connectivity index (χ3n) is 6.59. The molecule has 1 aromatic heterocycles. The number of nitriles is 1. The third kappa shape index (κ3) is 5.76. The van der Waals surface area contributed by atoms with Crippen LogP contribution in [-0.4, -0.2) is 41.5 Å². The predicted molar refractivity (Wildman–Crippen MR) is 132 cm³/mol. The molecule has 0 atom stereocenters. The molecule has 4 rings (SSSR count). The number of carbonyl (C=O) groups excluding carboxylic acids is 1. The first-order valence-electron chi connectivity index (χ1n) is 11.7. The number of halogens is 1. The van der Waals surface area contributed by atoms with E-state index in [0.29, 0.717) is 17.0 Å². The molecule has 2 aromatic carbocycles. The van der Waals surface area contributed by atoms with E-state index in [2.05, 4.69) is 15.5 Å². The maximum absolute atomic E-state index is 12.1. The van der Waals surface area contributed by atoms with E-state index in [-0.39, 0.29) is 5.78 Å². The Morgan fingerprint density at radius 1 is 1.15 bits per heavy atom. The number of rotatable bonds is 9. The van der Waals surface area contributed by atoms with Crippen LogP contribution in [0.2, 0.25) is 5.02 Å². The van der Waals surface area contributed by atoms with Crippen LogP contribution in [0.5, 0.6) is 5.75 Å². The number of hydrogen-bond donors (Lipinski definition) is 0. The molecule has 6 heteroatoms. The quantitative estimate of drug-likeness (QED) is 0.368. The van der Waals surface area contributed by atoms with Gasteiger partial charge in [-0.25, -0.2) is 0 Å². The lowest BCUT2D eigenvalue weighted by molar-refractivity contribution is 0.101. The van der Waals surface area contributed by atoms with Crippen molar-refractivity contribution in [2.75, 3.05) is 26.2 Å². The molecule has 0 spiro atoms. The second-order valence-electron chi connectivity index (χ2n) is 8.84. The Balaban J connectivity index is 1.24. The first-order valence-corrected chi connectivity index (χ1v) is 12.1. The molecule has 0 bridgehead atoms. The Hall–Kier alpha value is -2.81. The monoisotopic (exact) mass is 463 g/mol. The van der Waals surface area contributed by atoms with Gasteiger partial charge in [-0.05, 0) is 88.5 Å². The van der Waals surface area contributed by atoms with Gasteiger partial charge in [0.1, 0.15) is 11.8 Å². The number of fused-ring (bicyclic) bond motifs is 1. The van der Waals surface area contributed by atoms with Crippen molar-refractivity contribution in [3.05, 3.63) is 64.8 Å². The summed E-state index contributed by atoms with van der Waals surface area (Å²) in [6.45, 7) is 6.38. The number of para-hydroxylation sites is 1. The lowest BCUT2D eigenvalue weighted by Crippen LogP contribution is -2.35. The largest absolute Gasteiger partial charge is 0.494 e. The molecule has 2 heterocycles. The molecule has 0 amide bonds. The molecule has 172 valence electrons. The zero-order valence-electron chi connectivity index (χ0n) is 19.1. The number of piperidine rings is 1. The molecule has 0 saturated carbocycles. The van der Waals surface area contributed by atoms with E-state index in [9.17, 15) is 10.1 Å². The Labute approximate surface area is 200 Å². The number of aromatic nitrogens is 1. The molecule has 1 saturated heterocycles. The fourth-order valence-electron chi connectivity index (χ4n) is 4.74. The fraction of sp³-hybridized carbons (Fsp3) is 0.407. The van der Waals surface area contributed by atoms with Gasteiger partial charge in [-0.1, -0.05) is 23.7 Å². The minimum absolute atomic E-state index is 0.0379. The second-order valence-corrected chi connectivity index (χ2v) is 9.27. The number of nitrogens with zero attached hydrogens (tertiary/aromatic N) is 3. The molecular formula is C27H30ClN3O2. The summed E-state index contributed by atoms with van der Waals surface area (Å²) in [5.41, 5.74) is 2.20. The van der Waals surface area contributed by atoms with Crippen molar-refractivity contribution in [2.45, 2.75) is 39.2 Å². The first kappa shape index (κ1) is 23.4. The highest BCUT2D eigenvalue weighted by Crippen LogP contribution is 2.26. The Bertz CT molecular complexity index is 1140. The van der Waals surface area contributed by atoms with Gasteiger partial charge in [0.05, 0.1) is 17.7 Å². The van der Waals surface area contributed by atoms with Gasteiger partial charge in [0, 0.05) is 28.7 Å². The highest BCUT2D eigenvalue weighted by molar-refractivity contribution is 6.30. The van der Waals surface area contributed by atoms with Gasteiger partial charge in [-0.2, -0.15) is 5.26 Å². The smallest absolute Gasteiger partial charge is 0.161 e. The minimum atomic E-state index is 0.0379. The van der Waals surface area contributed by atoms with Crippen molar-refractivity contribution in [3.8, 4) is 11.8 Å². The Kier molecular flexibility index (Phi) is 7.69. The van der Waals surface area contributed by atoms with Crippen molar-refractivity contribution in [2.24, 2.45) is 5.92 Å². The highest BCUT2D eigenvalue weighted by Gasteiger charge is 2.19. The topological polar surface area (TPSA) is 58.3 Å². The van der Waals surface area contributed by atoms with E-state index in [1.165, 1.54) is 12.8 Å². The van der Waals surface area contributed by atoms with E-state index in [1.807, 2.05) is 48.7 Å². The lowest BCUT2D eigenvalue weighted by atomic mass is 9.94. The van der Waals surface area contributed by atoms with E-state index in [4.69, 9.17) is 16.3 Å². The first-order chi connectivity index (χ1) is 16.0. The molecule has 3 aromatic rings. The number of hydrogen-bond acceptors (Lipinski definition) is 4. The summed E-state index contributed by atoms with van der Waals surface area (Å²) in [7, 11) is 0. The van der Waals surface area contributed by atoms with Crippen molar-refractivity contribution in [1.82, 2.24) is 9.47 Å². The van der Waals surface area contributed by atoms with Gasteiger partial charge in [0.15, 0.2) is 5.78 Å². The lowest BCUT2D eigenvalue weighted by Gasteiger charge is -2.32. The number of carbonyl (C=O) groups is 1. The maximum Gasteiger partial charge on any atom is 0.161 e. The number of Topliss-reactive ketones (excluding diaryl/α,β-unsaturated/α-hetero) is 1. The molecule has 5 nitrogen and oxygen atoms in total. The van der Waals surface area contributed by atoms with Gasteiger partial charge < -0.3 is 14.2 Å². The van der Waals surface area contributed by atoms with Gasteiger partial charge in [-0.15, -0.1) is 0 Å². The Morgan fingerprint density at radius 2 is 1.91 bits per heavy atom. The number of benzene rings is 2. The van der Waals surface area contributed by atoms with E-state index in [1.54, 1.807) is 6.92 Å². The minimum Gasteiger partial charge on any atom is -0.494 e. The van der Waals surface area contributed by atoms with E-state index < -0.39 is 0 Å². The summed E-state index contributed by atoms with van der Waals surface area (Å²) >= 11 is 5.92. The van der Waals surface area contributed by atoms with Crippen LogP contribution in [0.15, 0.2) is 48.7 Å². The summed E-state index contributed by atoms with van der Waals surface area (Å²) in [5.74, 6) is 1.62. The third-order valence-corrected chi connectivity index (χ3v) is 6.84. The van der Waals surface area contributed by atoms with Crippen molar-refractivity contribution < 1.29 is 9.53 Å². The van der Waals surface area contributed by atoms with Crippen LogP contribution in [0.25, 0.3) is 10.9 Å². The average Bonchev–Trinajstić information content (AvgIpc) is 3.21. The number of ether oxygens (including phenoxy) is 1. The SMILES string of the molecule is CC(=O)c1cn(CCCN2CCC(CCOc3ccc(Cl)cc3)CC2)c2c(C#N)cccc12. The summed E-state index contributed by atoms with van der Waals surface area (Å²) in [6.07, 6.45) is 6.38. The van der Waals surface area contributed by atoms with Gasteiger partial charge >= 0.3 is 0 Å². The van der Waals surface area contributed by atoms with E-state index >= 15 is 0 Å². The zero-order chi connectivity index (χ0) is 23.2. The standard InChI is InChI=1S/C27H30ClN3O2/c1-20(32)26-19-31(27-22(18-29)4-2-5-25(26)27)14-3-13-30-15-10-21(11-16-30)12-17-33-24-8-6-23(28)7-9-24/h2,4-9,19,21H,3,10-17H2,1H3. The second kappa shape index (κ2) is 10.9. The van der Waals surface area contributed by atoms with Crippen LogP contribution >= 0.6 is 11.6 Å². The highest BCUT2D eigenvalue weighted by atomic mass is 35.5. The zero-order valence-corrected chi connectivity index (χ0v) is 19.9. The summed E-state index contributed by atoms with van der Waals surface area (Å²) < 4.78 is 7.94. The van der Waals surface area contributed by atoms with Crippen LogP contribution in [0, 0.1) is 17.2 Å². The molecule has 1 aliphatic heterocycles. The molecule has 0 unspecified atom stereocenters. The normalized spacial score (nSPS) is 14.9. The molecule has 1 fully saturated rings. The van der Waals surface area contributed by atoms with Crippen LogP contribution in [0.4, 0.5) is 0 Å². The summed E-state index contributed by atoms with van der Waals surface area (Å²) in [4.78, 5) is 14.6. The molecule has 0 N–H and O–H groups in total. The predicted octanol–water partition coefficient (Wildman–Crippen LogP) is 5.94. The molecule has 1 aliphatic rings. The van der Waals surface area contributed by atoms with Gasteiger partial charge in [0.25, 0.3) is 0 Å². The molecular weight excluding hydrogens is 434 g/mol. The summed E-state index contributed by atoms with van der Waals surface area (Å²) in [5, 5.41) is 11.1.